The summed E-state index contributed by atoms with van der Waals surface area (Å²) >= 11 is 7.55. The molecule has 0 unspecified atom stereocenters. The monoisotopic (exact) mass is 318 g/mol. The topological polar surface area (TPSA) is 29.3 Å². The van der Waals surface area contributed by atoms with E-state index in [1.165, 1.54) is 4.88 Å². The van der Waals surface area contributed by atoms with Crippen LogP contribution in [0.25, 0.3) is 11.3 Å². The summed E-state index contributed by atoms with van der Waals surface area (Å²) in [5.41, 5.74) is 1.94. The molecule has 108 valence electrons. The fourth-order valence-corrected chi connectivity index (χ4v) is 3.33. The van der Waals surface area contributed by atoms with Crippen molar-refractivity contribution in [1.29, 1.82) is 0 Å². The van der Waals surface area contributed by atoms with Crippen molar-refractivity contribution < 1.29 is 4.52 Å². The molecule has 0 amide bonds. The van der Waals surface area contributed by atoms with Crippen molar-refractivity contribution in [2.45, 2.75) is 13.1 Å². The van der Waals surface area contributed by atoms with Gasteiger partial charge in [-0.3, -0.25) is 4.90 Å². The molecule has 5 heteroatoms. The first kappa shape index (κ1) is 14.3. The Bertz CT molecular complexity index is 708. The van der Waals surface area contributed by atoms with Crippen molar-refractivity contribution in [3.05, 3.63) is 63.5 Å². The highest BCUT2D eigenvalue weighted by Gasteiger charge is 2.10. The van der Waals surface area contributed by atoms with Crippen LogP contribution in [0.2, 0.25) is 4.34 Å². The Balaban J connectivity index is 1.64. The van der Waals surface area contributed by atoms with E-state index in [1.807, 2.05) is 42.5 Å². The first-order valence-electron chi connectivity index (χ1n) is 6.64. The van der Waals surface area contributed by atoms with Crippen LogP contribution in [0, 0.1) is 0 Å². The normalized spacial score (nSPS) is 11.2. The van der Waals surface area contributed by atoms with E-state index >= 15 is 0 Å². The molecule has 0 saturated carbocycles. The standard InChI is InChI=1S/C16H15ClN2OS/c1-19(11-14-7-8-16(17)21-14)10-13-9-15(18-20-13)12-5-3-2-4-6-12/h2-9H,10-11H2,1H3. The number of hydrogen-bond acceptors (Lipinski definition) is 4. The van der Waals surface area contributed by atoms with Crippen LogP contribution in [0.4, 0.5) is 0 Å². The van der Waals surface area contributed by atoms with Gasteiger partial charge in [0, 0.05) is 23.1 Å². The summed E-state index contributed by atoms with van der Waals surface area (Å²) in [6.07, 6.45) is 0. The molecular formula is C16H15ClN2OS. The third kappa shape index (κ3) is 3.73. The maximum atomic E-state index is 5.95. The van der Waals surface area contributed by atoms with Crippen LogP contribution in [-0.2, 0) is 13.1 Å². The Kier molecular flexibility index (Phi) is 4.39. The van der Waals surface area contributed by atoms with E-state index in [4.69, 9.17) is 16.1 Å². The molecule has 2 aromatic heterocycles. The Labute approximate surface area is 132 Å². The molecule has 0 bridgehead atoms. The van der Waals surface area contributed by atoms with Gasteiger partial charge in [-0.2, -0.15) is 0 Å². The van der Waals surface area contributed by atoms with E-state index in [9.17, 15) is 0 Å². The van der Waals surface area contributed by atoms with E-state index in [1.54, 1.807) is 11.3 Å². The molecular weight excluding hydrogens is 304 g/mol. The molecule has 3 rings (SSSR count). The number of thiophene rings is 1. The summed E-state index contributed by atoms with van der Waals surface area (Å²) in [5, 5.41) is 4.13. The predicted molar refractivity (Wildman–Crippen MR) is 86.4 cm³/mol. The molecule has 3 aromatic rings. The van der Waals surface area contributed by atoms with Crippen LogP contribution in [0.5, 0.6) is 0 Å². The number of nitrogens with zero attached hydrogens (tertiary/aromatic N) is 2. The number of aromatic nitrogens is 1. The molecule has 0 N–H and O–H groups in total. The summed E-state index contributed by atoms with van der Waals surface area (Å²) in [5.74, 6) is 0.860. The van der Waals surface area contributed by atoms with Gasteiger partial charge >= 0.3 is 0 Å². The smallest absolute Gasteiger partial charge is 0.151 e. The summed E-state index contributed by atoms with van der Waals surface area (Å²) in [4.78, 5) is 3.42. The van der Waals surface area contributed by atoms with E-state index in [-0.39, 0.29) is 0 Å². The summed E-state index contributed by atoms with van der Waals surface area (Å²) in [6.45, 7) is 1.56. The minimum absolute atomic E-state index is 0.718. The van der Waals surface area contributed by atoms with Gasteiger partial charge in [0.15, 0.2) is 5.76 Å². The SMILES string of the molecule is CN(Cc1cc(-c2ccccc2)no1)Cc1ccc(Cl)s1. The fourth-order valence-electron chi connectivity index (χ4n) is 2.16. The highest BCUT2D eigenvalue weighted by atomic mass is 35.5. The van der Waals surface area contributed by atoms with Crippen LogP contribution >= 0.6 is 22.9 Å². The third-order valence-corrected chi connectivity index (χ3v) is 4.32. The van der Waals surface area contributed by atoms with Crippen molar-refractivity contribution in [2.24, 2.45) is 0 Å². The van der Waals surface area contributed by atoms with Gasteiger partial charge in [-0.1, -0.05) is 47.1 Å². The third-order valence-electron chi connectivity index (χ3n) is 3.11. The van der Waals surface area contributed by atoms with Crippen molar-refractivity contribution in [1.82, 2.24) is 10.1 Å². The van der Waals surface area contributed by atoms with E-state index in [2.05, 4.69) is 23.2 Å². The zero-order valence-corrected chi connectivity index (χ0v) is 13.2. The molecule has 0 radical (unpaired) electrons. The molecule has 0 fully saturated rings. The number of rotatable bonds is 5. The first-order valence-corrected chi connectivity index (χ1v) is 7.84. The lowest BCUT2D eigenvalue weighted by atomic mass is 10.1. The quantitative estimate of drug-likeness (QED) is 0.683. The highest BCUT2D eigenvalue weighted by Crippen LogP contribution is 2.23. The van der Waals surface area contributed by atoms with Gasteiger partial charge in [0.2, 0.25) is 0 Å². The van der Waals surface area contributed by atoms with Gasteiger partial charge in [0.25, 0.3) is 0 Å². The second kappa shape index (κ2) is 6.43. The van der Waals surface area contributed by atoms with Gasteiger partial charge < -0.3 is 4.52 Å². The number of halogens is 1. The van der Waals surface area contributed by atoms with Crippen molar-refractivity contribution in [3.63, 3.8) is 0 Å². The molecule has 1 aromatic carbocycles. The van der Waals surface area contributed by atoms with Crippen molar-refractivity contribution >= 4 is 22.9 Å². The van der Waals surface area contributed by atoms with E-state index in [0.717, 1.165) is 34.4 Å². The van der Waals surface area contributed by atoms with Crippen LogP contribution < -0.4 is 0 Å². The molecule has 0 aliphatic carbocycles. The maximum absolute atomic E-state index is 5.95. The average molecular weight is 319 g/mol. The lowest BCUT2D eigenvalue weighted by molar-refractivity contribution is 0.268. The van der Waals surface area contributed by atoms with Gasteiger partial charge in [-0.05, 0) is 19.2 Å². The van der Waals surface area contributed by atoms with Crippen LogP contribution in [-0.4, -0.2) is 17.1 Å². The summed E-state index contributed by atoms with van der Waals surface area (Å²) in [7, 11) is 2.05. The van der Waals surface area contributed by atoms with Crippen molar-refractivity contribution in [2.75, 3.05) is 7.05 Å². The minimum atomic E-state index is 0.718. The van der Waals surface area contributed by atoms with Crippen molar-refractivity contribution in [3.8, 4) is 11.3 Å². The Morgan fingerprint density at radius 2 is 1.95 bits per heavy atom. The second-order valence-electron chi connectivity index (χ2n) is 4.92. The lowest BCUT2D eigenvalue weighted by Gasteiger charge is -2.12. The molecule has 0 saturated heterocycles. The predicted octanol–water partition coefficient (Wildman–Crippen LogP) is 4.69. The van der Waals surface area contributed by atoms with Gasteiger partial charge in [-0.15, -0.1) is 11.3 Å². The molecule has 2 heterocycles. The number of benzene rings is 1. The number of hydrogen-bond donors (Lipinski definition) is 0. The molecule has 0 aliphatic rings. The summed E-state index contributed by atoms with van der Waals surface area (Å²) < 4.78 is 6.24. The minimum Gasteiger partial charge on any atom is -0.359 e. The zero-order chi connectivity index (χ0) is 14.7. The fraction of sp³-hybridized carbons (Fsp3) is 0.188. The molecule has 0 spiro atoms. The molecule has 0 aliphatic heterocycles. The molecule has 3 nitrogen and oxygen atoms in total. The van der Waals surface area contributed by atoms with Crippen LogP contribution in [0.1, 0.15) is 10.6 Å². The van der Waals surface area contributed by atoms with Crippen LogP contribution in [0.15, 0.2) is 53.1 Å². The largest absolute Gasteiger partial charge is 0.359 e. The van der Waals surface area contributed by atoms with Gasteiger partial charge in [-0.25, -0.2) is 0 Å². The average Bonchev–Trinajstić information content (AvgIpc) is 3.09. The lowest BCUT2D eigenvalue weighted by Crippen LogP contribution is -2.16. The zero-order valence-electron chi connectivity index (χ0n) is 11.6. The molecule has 21 heavy (non-hydrogen) atoms. The van der Waals surface area contributed by atoms with E-state index < -0.39 is 0 Å². The highest BCUT2D eigenvalue weighted by molar-refractivity contribution is 7.16. The first-order chi connectivity index (χ1) is 10.2. The Morgan fingerprint density at radius 3 is 2.67 bits per heavy atom. The van der Waals surface area contributed by atoms with Gasteiger partial charge in [0.1, 0.15) is 5.69 Å². The second-order valence-corrected chi connectivity index (χ2v) is 6.72. The van der Waals surface area contributed by atoms with E-state index in [0.29, 0.717) is 0 Å². The van der Waals surface area contributed by atoms with Gasteiger partial charge in [0.05, 0.1) is 10.9 Å². The molecule has 0 atom stereocenters. The van der Waals surface area contributed by atoms with Crippen LogP contribution in [0.3, 0.4) is 0 Å². The maximum Gasteiger partial charge on any atom is 0.151 e. The Morgan fingerprint density at radius 1 is 1.14 bits per heavy atom. The Hall–Kier alpha value is -1.62. The summed E-state index contributed by atoms with van der Waals surface area (Å²) in [6, 6.07) is 16.0.